The smallest absolute Gasteiger partial charge is 0.338 e. The van der Waals surface area contributed by atoms with E-state index in [2.05, 4.69) is 24.0 Å². The van der Waals surface area contributed by atoms with Gasteiger partial charge in [0.2, 0.25) is 10.0 Å². The number of carbonyl (C=O) groups is 1. The number of hydrogen-bond donors (Lipinski definition) is 0. The third-order valence-corrected chi connectivity index (χ3v) is 8.03. The molecule has 0 saturated carbocycles. The Kier molecular flexibility index (Phi) is 5.46. The first kappa shape index (κ1) is 20.1. The summed E-state index contributed by atoms with van der Waals surface area (Å²) in [5, 5.41) is 0. The normalized spacial score (nSPS) is 20.7. The van der Waals surface area contributed by atoms with Crippen LogP contribution in [-0.2, 0) is 21.4 Å². The second kappa shape index (κ2) is 7.89. The van der Waals surface area contributed by atoms with Gasteiger partial charge in [-0.05, 0) is 31.0 Å². The molecule has 6 nitrogen and oxygen atoms in total. The van der Waals surface area contributed by atoms with E-state index >= 15 is 0 Å². The van der Waals surface area contributed by atoms with Crippen molar-refractivity contribution in [2.24, 2.45) is 0 Å². The van der Waals surface area contributed by atoms with Gasteiger partial charge < -0.3 is 4.74 Å². The minimum absolute atomic E-state index is 0.0867. The van der Waals surface area contributed by atoms with Crippen LogP contribution in [0.15, 0.2) is 53.4 Å². The predicted octanol–water partition coefficient (Wildman–Crippen LogP) is 3.20. The van der Waals surface area contributed by atoms with Crippen molar-refractivity contribution in [3.05, 3.63) is 65.2 Å². The van der Waals surface area contributed by atoms with E-state index in [1.54, 1.807) is 16.4 Å². The maximum Gasteiger partial charge on any atom is 0.338 e. The van der Waals surface area contributed by atoms with Crippen molar-refractivity contribution >= 4 is 16.0 Å². The van der Waals surface area contributed by atoms with E-state index in [1.807, 2.05) is 25.1 Å². The Morgan fingerprint density at radius 1 is 1.21 bits per heavy atom. The van der Waals surface area contributed by atoms with E-state index in [9.17, 15) is 13.2 Å². The number of fused-ring (bicyclic) bond motifs is 1. The van der Waals surface area contributed by atoms with Crippen LogP contribution in [0.3, 0.4) is 0 Å². The van der Waals surface area contributed by atoms with Crippen molar-refractivity contribution < 1.29 is 17.9 Å². The number of likely N-dealkylation sites (tertiary alicyclic amines) is 1. The lowest BCUT2D eigenvalue weighted by Gasteiger charge is -2.29. The van der Waals surface area contributed by atoms with Crippen LogP contribution in [0.25, 0.3) is 0 Å². The topological polar surface area (TPSA) is 66.9 Å². The van der Waals surface area contributed by atoms with Crippen molar-refractivity contribution in [3.63, 3.8) is 0 Å². The Hall–Kier alpha value is -2.22. The van der Waals surface area contributed by atoms with Crippen LogP contribution < -0.4 is 0 Å². The van der Waals surface area contributed by atoms with Gasteiger partial charge in [-0.25, -0.2) is 13.2 Å². The summed E-state index contributed by atoms with van der Waals surface area (Å²) in [6, 6.07) is 15.1. The zero-order valence-corrected chi connectivity index (χ0v) is 17.6. The molecule has 0 N–H and O–H groups in total. The maximum atomic E-state index is 13.4. The monoisotopic (exact) mass is 414 g/mol. The van der Waals surface area contributed by atoms with Crippen molar-refractivity contribution in [1.29, 1.82) is 0 Å². The van der Waals surface area contributed by atoms with Gasteiger partial charge in [-0.3, -0.25) is 4.90 Å². The van der Waals surface area contributed by atoms with Crippen molar-refractivity contribution in [2.45, 2.75) is 43.9 Å². The number of benzene rings is 2. The zero-order valence-electron chi connectivity index (χ0n) is 16.7. The number of ether oxygens (including phenoxy) is 1. The third-order valence-electron chi connectivity index (χ3n) is 6.01. The first-order chi connectivity index (χ1) is 13.9. The number of esters is 1. The van der Waals surface area contributed by atoms with E-state index in [0.717, 1.165) is 18.5 Å². The molecule has 0 aromatic heterocycles. The molecule has 29 heavy (non-hydrogen) atoms. The van der Waals surface area contributed by atoms with Gasteiger partial charge in [-0.15, -0.1) is 0 Å². The Labute approximate surface area is 172 Å². The lowest BCUT2D eigenvalue weighted by atomic mass is 10.1. The fourth-order valence-corrected chi connectivity index (χ4v) is 5.99. The van der Waals surface area contributed by atoms with Crippen LogP contribution in [0.4, 0.5) is 0 Å². The van der Waals surface area contributed by atoms with E-state index in [-0.39, 0.29) is 23.6 Å². The van der Waals surface area contributed by atoms with E-state index < -0.39 is 16.0 Å². The van der Waals surface area contributed by atoms with Crippen LogP contribution in [0.2, 0.25) is 0 Å². The van der Waals surface area contributed by atoms with Crippen LogP contribution in [0, 0.1) is 0 Å². The highest BCUT2D eigenvalue weighted by molar-refractivity contribution is 7.89. The van der Waals surface area contributed by atoms with Crippen molar-refractivity contribution in [2.75, 3.05) is 19.6 Å². The van der Waals surface area contributed by atoms with Gasteiger partial charge in [-0.1, -0.05) is 43.3 Å². The molecule has 0 bridgehead atoms. The van der Waals surface area contributed by atoms with Gasteiger partial charge in [0, 0.05) is 37.3 Å². The zero-order chi connectivity index (χ0) is 20.6. The molecular weight excluding hydrogens is 388 g/mol. The molecule has 0 aliphatic carbocycles. The maximum absolute atomic E-state index is 13.4. The standard InChI is InChI=1S/C22H26N2O4S/c1-3-24(19-11-12-23(14-19)16(2)17-7-5-4-6-8-17)29(26,27)20-10-9-18-15-28-22(25)21(18)13-20/h4-10,13,16,19H,3,11-12,14-15H2,1-2H3. The molecular formula is C22H26N2O4S. The molecule has 2 heterocycles. The fourth-order valence-electron chi connectivity index (χ4n) is 4.31. The number of nitrogens with zero attached hydrogens (tertiary/aromatic N) is 2. The number of cyclic esters (lactones) is 1. The third kappa shape index (κ3) is 3.70. The summed E-state index contributed by atoms with van der Waals surface area (Å²) in [7, 11) is -3.69. The predicted molar refractivity (Wildman–Crippen MR) is 110 cm³/mol. The Morgan fingerprint density at radius 3 is 2.69 bits per heavy atom. The lowest BCUT2D eigenvalue weighted by molar-refractivity contribution is 0.0535. The van der Waals surface area contributed by atoms with Gasteiger partial charge in [0.05, 0.1) is 10.5 Å². The molecule has 7 heteroatoms. The van der Waals surface area contributed by atoms with Crippen LogP contribution in [0.5, 0.6) is 0 Å². The fraction of sp³-hybridized carbons (Fsp3) is 0.409. The highest BCUT2D eigenvalue weighted by Gasteiger charge is 2.37. The Morgan fingerprint density at radius 2 is 1.97 bits per heavy atom. The first-order valence-corrected chi connectivity index (χ1v) is 11.5. The molecule has 2 atom stereocenters. The largest absolute Gasteiger partial charge is 0.457 e. The Bertz CT molecular complexity index is 1010. The highest BCUT2D eigenvalue weighted by atomic mass is 32.2. The SMILES string of the molecule is CCN(C1CCN(C(C)c2ccccc2)C1)S(=O)(=O)c1ccc2c(c1)C(=O)OC2. The average molecular weight is 415 g/mol. The van der Waals surface area contributed by atoms with Crippen LogP contribution in [0.1, 0.15) is 47.8 Å². The van der Waals surface area contributed by atoms with E-state index in [4.69, 9.17) is 4.74 Å². The molecule has 1 fully saturated rings. The number of rotatable bonds is 6. The van der Waals surface area contributed by atoms with Gasteiger partial charge >= 0.3 is 5.97 Å². The molecule has 1 saturated heterocycles. The summed E-state index contributed by atoms with van der Waals surface area (Å²) in [6.07, 6.45) is 0.789. The number of sulfonamides is 1. The molecule has 154 valence electrons. The van der Waals surface area contributed by atoms with Gasteiger partial charge in [0.15, 0.2) is 0 Å². The minimum Gasteiger partial charge on any atom is -0.457 e. The molecule has 2 unspecified atom stereocenters. The molecule has 0 radical (unpaired) electrons. The van der Waals surface area contributed by atoms with Crippen molar-refractivity contribution in [1.82, 2.24) is 9.21 Å². The summed E-state index contributed by atoms with van der Waals surface area (Å²) in [4.78, 5) is 14.3. The number of likely N-dealkylation sites (N-methyl/N-ethyl adjacent to an activating group) is 1. The van der Waals surface area contributed by atoms with Gasteiger partial charge in [-0.2, -0.15) is 4.31 Å². The number of carbonyl (C=O) groups excluding carboxylic acids is 1. The van der Waals surface area contributed by atoms with E-state index in [1.165, 1.54) is 11.6 Å². The van der Waals surface area contributed by atoms with Crippen molar-refractivity contribution in [3.8, 4) is 0 Å². The molecule has 2 aliphatic rings. The van der Waals surface area contributed by atoms with Crippen LogP contribution in [-0.4, -0.2) is 49.3 Å². The van der Waals surface area contributed by atoms with Gasteiger partial charge in [0.1, 0.15) is 6.61 Å². The minimum atomic E-state index is -3.69. The molecule has 2 aliphatic heterocycles. The molecule has 2 aromatic carbocycles. The molecule has 0 amide bonds. The van der Waals surface area contributed by atoms with Crippen LogP contribution >= 0.6 is 0 Å². The first-order valence-electron chi connectivity index (χ1n) is 10.0. The second-order valence-corrected chi connectivity index (χ2v) is 9.52. The summed E-state index contributed by atoms with van der Waals surface area (Å²) >= 11 is 0. The molecule has 0 spiro atoms. The molecule has 2 aromatic rings. The summed E-state index contributed by atoms with van der Waals surface area (Å²) in [5.74, 6) is -0.455. The molecule has 4 rings (SSSR count). The quantitative estimate of drug-likeness (QED) is 0.679. The average Bonchev–Trinajstić information content (AvgIpc) is 3.36. The Balaban J connectivity index is 1.54. The second-order valence-electron chi connectivity index (χ2n) is 7.63. The summed E-state index contributed by atoms with van der Waals surface area (Å²) < 4.78 is 33.3. The summed E-state index contributed by atoms with van der Waals surface area (Å²) in [5.41, 5.74) is 2.32. The lowest BCUT2D eigenvalue weighted by Crippen LogP contribution is -2.42. The van der Waals surface area contributed by atoms with E-state index in [0.29, 0.717) is 18.7 Å². The van der Waals surface area contributed by atoms with Gasteiger partial charge in [0.25, 0.3) is 0 Å². The highest BCUT2D eigenvalue weighted by Crippen LogP contribution is 2.30. The number of hydrogen-bond acceptors (Lipinski definition) is 5. The summed E-state index contributed by atoms with van der Waals surface area (Å²) in [6.45, 7) is 6.17.